The number of aryl methyl sites for hydroxylation is 1. The molecule has 23 heavy (non-hydrogen) atoms. The Kier molecular flexibility index (Phi) is 5.23. The summed E-state index contributed by atoms with van der Waals surface area (Å²) in [7, 11) is 0. The van der Waals surface area contributed by atoms with E-state index in [0.717, 1.165) is 44.8 Å². The average Bonchev–Trinajstić information content (AvgIpc) is 2.62. The highest BCUT2D eigenvalue weighted by Crippen LogP contribution is 2.33. The molecule has 1 amide bonds. The number of hydrogen-bond donors (Lipinski definition) is 1. The predicted octanol–water partition coefficient (Wildman–Crippen LogP) is 1.55. The predicted molar refractivity (Wildman–Crippen MR) is 87.3 cm³/mol. The van der Waals surface area contributed by atoms with E-state index in [0.29, 0.717) is 12.2 Å². The van der Waals surface area contributed by atoms with Gasteiger partial charge in [-0.1, -0.05) is 19.3 Å². The monoisotopic (exact) mass is 318 g/mol. The Morgan fingerprint density at radius 1 is 1.22 bits per heavy atom. The molecule has 0 bridgehead atoms. The van der Waals surface area contributed by atoms with E-state index in [1.165, 1.54) is 19.3 Å². The number of ether oxygens (including phenoxy) is 1. The average molecular weight is 318 g/mol. The molecule has 2 heterocycles. The molecule has 1 N–H and O–H groups in total. The maximum atomic E-state index is 12.4. The van der Waals surface area contributed by atoms with Crippen LogP contribution in [-0.2, 0) is 4.74 Å². The minimum atomic E-state index is -0.129. The van der Waals surface area contributed by atoms with Gasteiger partial charge < -0.3 is 10.1 Å². The first-order valence-corrected chi connectivity index (χ1v) is 8.59. The van der Waals surface area contributed by atoms with Crippen molar-refractivity contribution in [1.82, 2.24) is 20.2 Å². The van der Waals surface area contributed by atoms with Crippen LogP contribution in [0.5, 0.6) is 0 Å². The number of amides is 1. The maximum absolute atomic E-state index is 12.4. The molecule has 6 nitrogen and oxygen atoms in total. The zero-order valence-corrected chi connectivity index (χ0v) is 13.9. The van der Waals surface area contributed by atoms with Crippen LogP contribution in [0.2, 0.25) is 0 Å². The third-order valence-corrected chi connectivity index (χ3v) is 5.06. The van der Waals surface area contributed by atoms with Crippen molar-refractivity contribution in [2.45, 2.75) is 44.6 Å². The summed E-state index contributed by atoms with van der Waals surface area (Å²) < 4.78 is 5.49. The van der Waals surface area contributed by atoms with E-state index < -0.39 is 0 Å². The second kappa shape index (κ2) is 7.36. The SMILES string of the molecule is Cc1cnc(C(=O)NCC2(N3CCOCC3)CCCCC2)cn1. The van der Waals surface area contributed by atoms with Gasteiger partial charge in [-0.3, -0.25) is 14.7 Å². The third kappa shape index (κ3) is 3.87. The second-order valence-electron chi connectivity index (χ2n) is 6.61. The van der Waals surface area contributed by atoms with E-state index >= 15 is 0 Å². The van der Waals surface area contributed by atoms with Crippen LogP contribution < -0.4 is 5.32 Å². The van der Waals surface area contributed by atoms with E-state index in [9.17, 15) is 4.79 Å². The van der Waals surface area contributed by atoms with Gasteiger partial charge in [-0.05, 0) is 19.8 Å². The van der Waals surface area contributed by atoms with Gasteiger partial charge in [0.2, 0.25) is 0 Å². The Bertz CT molecular complexity index is 520. The molecule has 0 unspecified atom stereocenters. The zero-order valence-electron chi connectivity index (χ0n) is 13.9. The Labute approximate surface area is 137 Å². The zero-order chi connectivity index (χ0) is 16.1. The molecule has 2 aliphatic rings. The lowest BCUT2D eigenvalue weighted by Gasteiger charge is -2.48. The second-order valence-corrected chi connectivity index (χ2v) is 6.61. The van der Waals surface area contributed by atoms with Crippen LogP contribution >= 0.6 is 0 Å². The molecule has 0 aromatic carbocycles. The van der Waals surface area contributed by atoms with Crippen molar-refractivity contribution < 1.29 is 9.53 Å². The first-order chi connectivity index (χ1) is 11.2. The number of hydrogen-bond acceptors (Lipinski definition) is 5. The molecule has 2 fully saturated rings. The summed E-state index contributed by atoms with van der Waals surface area (Å²) in [5.74, 6) is -0.129. The number of carbonyl (C=O) groups excluding carboxylic acids is 1. The lowest BCUT2D eigenvalue weighted by atomic mass is 9.79. The molecule has 1 aliphatic heterocycles. The smallest absolute Gasteiger partial charge is 0.271 e. The molecule has 0 atom stereocenters. The molecule has 1 saturated heterocycles. The topological polar surface area (TPSA) is 67.4 Å². The minimum Gasteiger partial charge on any atom is -0.379 e. The molecular formula is C17H26N4O2. The Morgan fingerprint density at radius 2 is 1.96 bits per heavy atom. The molecular weight excluding hydrogens is 292 g/mol. The van der Waals surface area contributed by atoms with Gasteiger partial charge >= 0.3 is 0 Å². The molecule has 0 radical (unpaired) electrons. The molecule has 0 spiro atoms. The van der Waals surface area contributed by atoms with Crippen molar-refractivity contribution in [3.63, 3.8) is 0 Å². The Hall–Kier alpha value is -1.53. The van der Waals surface area contributed by atoms with Crippen LogP contribution in [0.25, 0.3) is 0 Å². The van der Waals surface area contributed by atoms with Crippen LogP contribution in [0.1, 0.15) is 48.3 Å². The number of nitrogens with one attached hydrogen (secondary N) is 1. The van der Waals surface area contributed by atoms with Gasteiger partial charge in [-0.25, -0.2) is 4.98 Å². The van der Waals surface area contributed by atoms with Crippen molar-refractivity contribution in [3.05, 3.63) is 23.8 Å². The summed E-state index contributed by atoms with van der Waals surface area (Å²) in [6.07, 6.45) is 9.23. The standard InChI is InChI=1S/C17H26N4O2/c1-14-11-19-15(12-18-14)16(22)20-13-17(5-3-2-4-6-17)21-7-9-23-10-8-21/h11-12H,2-10,13H2,1H3,(H,20,22). The highest BCUT2D eigenvalue weighted by atomic mass is 16.5. The third-order valence-electron chi connectivity index (χ3n) is 5.06. The largest absolute Gasteiger partial charge is 0.379 e. The van der Waals surface area contributed by atoms with E-state index in [2.05, 4.69) is 20.2 Å². The van der Waals surface area contributed by atoms with Gasteiger partial charge in [0.15, 0.2) is 0 Å². The first-order valence-electron chi connectivity index (χ1n) is 8.59. The normalized spacial score (nSPS) is 21.8. The summed E-state index contributed by atoms with van der Waals surface area (Å²) in [5, 5.41) is 3.10. The lowest BCUT2D eigenvalue weighted by Crippen LogP contribution is -2.59. The van der Waals surface area contributed by atoms with Crippen molar-refractivity contribution >= 4 is 5.91 Å². The molecule has 1 aliphatic carbocycles. The molecule has 3 rings (SSSR count). The molecule has 126 valence electrons. The summed E-state index contributed by atoms with van der Waals surface area (Å²) in [4.78, 5) is 23.2. The summed E-state index contributed by atoms with van der Waals surface area (Å²) in [6, 6.07) is 0. The lowest BCUT2D eigenvalue weighted by molar-refractivity contribution is -0.0361. The van der Waals surface area contributed by atoms with Crippen molar-refractivity contribution in [2.75, 3.05) is 32.8 Å². The maximum Gasteiger partial charge on any atom is 0.271 e. The van der Waals surface area contributed by atoms with Crippen LogP contribution in [0.15, 0.2) is 12.4 Å². The Morgan fingerprint density at radius 3 is 2.61 bits per heavy atom. The van der Waals surface area contributed by atoms with Gasteiger partial charge in [0.05, 0.1) is 25.1 Å². The first kappa shape index (κ1) is 16.3. The van der Waals surface area contributed by atoms with Crippen LogP contribution in [0.4, 0.5) is 0 Å². The summed E-state index contributed by atoms with van der Waals surface area (Å²) >= 11 is 0. The fourth-order valence-corrected chi connectivity index (χ4v) is 3.70. The van der Waals surface area contributed by atoms with Gasteiger partial charge in [0.25, 0.3) is 5.91 Å². The van der Waals surface area contributed by atoms with Gasteiger partial charge in [-0.15, -0.1) is 0 Å². The Balaban J connectivity index is 1.66. The fourth-order valence-electron chi connectivity index (χ4n) is 3.70. The van der Waals surface area contributed by atoms with Crippen molar-refractivity contribution in [3.8, 4) is 0 Å². The van der Waals surface area contributed by atoms with Crippen molar-refractivity contribution in [1.29, 1.82) is 0 Å². The highest BCUT2D eigenvalue weighted by Gasteiger charge is 2.38. The van der Waals surface area contributed by atoms with Crippen LogP contribution in [0.3, 0.4) is 0 Å². The summed E-state index contributed by atoms with van der Waals surface area (Å²) in [6.45, 7) is 6.05. The number of rotatable bonds is 4. The van der Waals surface area contributed by atoms with Gasteiger partial charge in [0.1, 0.15) is 5.69 Å². The number of nitrogens with zero attached hydrogens (tertiary/aromatic N) is 3. The van der Waals surface area contributed by atoms with E-state index in [1.54, 1.807) is 12.4 Å². The minimum absolute atomic E-state index is 0.0792. The van der Waals surface area contributed by atoms with Gasteiger partial charge in [0, 0.05) is 31.4 Å². The van der Waals surface area contributed by atoms with Gasteiger partial charge in [-0.2, -0.15) is 0 Å². The fraction of sp³-hybridized carbons (Fsp3) is 0.706. The van der Waals surface area contributed by atoms with E-state index in [1.807, 2.05) is 6.92 Å². The molecule has 6 heteroatoms. The highest BCUT2D eigenvalue weighted by molar-refractivity contribution is 5.91. The van der Waals surface area contributed by atoms with Crippen LogP contribution in [-0.4, -0.2) is 59.2 Å². The molecule has 1 aromatic rings. The number of morpholine rings is 1. The quantitative estimate of drug-likeness (QED) is 0.912. The van der Waals surface area contributed by atoms with E-state index in [-0.39, 0.29) is 11.4 Å². The van der Waals surface area contributed by atoms with Crippen LogP contribution in [0, 0.1) is 6.92 Å². The number of aromatic nitrogens is 2. The van der Waals surface area contributed by atoms with Crippen molar-refractivity contribution in [2.24, 2.45) is 0 Å². The number of carbonyl (C=O) groups is 1. The van der Waals surface area contributed by atoms with E-state index in [4.69, 9.17) is 4.74 Å². The summed E-state index contributed by atoms with van der Waals surface area (Å²) in [5.41, 5.74) is 1.29. The molecule has 1 aromatic heterocycles. The molecule has 1 saturated carbocycles.